The Morgan fingerprint density at radius 1 is 1.14 bits per heavy atom. The Morgan fingerprint density at radius 2 is 1.90 bits per heavy atom. The minimum Gasteiger partial charge on any atom is -0.370 e. The summed E-state index contributed by atoms with van der Waals surface area (Å²) in [6.45, 7) is 5.89. The van der Waals surface area contributed by atoms with Gasteiger partial charge in [-0.1, -0.05) is 30.3 Å². The molecule has 1 aliphatic heterocycles. The van der Waals surface area contributed by atoms with Crippen LogP contribution < -0.4 is 10.2 Å². The Kier molecular flexibility index (Phi) is 7.25. The monoisotopic (exact) mass is 291 g/mol. The normalized spacial score (nSPS) is 15.8. The van der Waals surface area contributed by atoms with Gasteiger partial charge in [0.1, 0.15) is 13.1 Å². The number of hydrogen-bond donors (Lipinski definition) is 2. The van der Waals surface area contributed by atoms with Crippen molar-refractivity contribution in [2.45, 2.75) is 25.7 Å². The first-order chi connectivity index (χ1) is 10.3. The summed E-state index contributed by atoms with van der Waals surface area (Å²) in [5.74, 6) is 0.183. The molecule has 4 heteroatoms. The quantitative estimate of drug-likeness (QED) is 0.682. The number of quaternary nitrogens is 1. The first kappa shape index (κ1) is 16.0. The number of aryl methyl sites for hydroxylation is 1. The van der Waals surface area contributed by atoms with Crippen LogP contribution in [-0.2, 0) is 16.0 Å². The number of benzene rings is 1. The SMILES string of the molecule is O=C(CCCc1ccccc1)NCCC[NH+]1CCOCC1. The molecule has 1 aromatic carbocycles. The molecule has 116 valence electrons. The molecule has 0 spiro atoms. The van der Waals surface area contributed by atoms with E-state index in [1.165, 1.54) is 5.56 Å². The van der Waals surface area contributed by atoms with Gasteiger partial charge < -0.3 is 15.0 Å². The number of amides is 1. The highest BCUT2D eigenvalue weighted by atomic mass is 16.5. The van der Waals surface area contributed by atoms with Crippen molar-refractivity contribution in [3.63, 3.8) is 0 Å². The Hall–Kier alpha value is -1.39. The highest BCUT2D eigenvalue weighted by Gasteiger charge is 2.12. The Morgan fingerprint density at radius 3 is 2.67 bits per heavy atom. The topological polar surface area (TPSA) is 42.8 Å². The van der Waals surface area contributed by atoms with Crippen LogP contribution in [0.15, 0.2) is 30.3 Å². The molecule has 21 heavy (non-hydrogen) atoms. The van der Waals surface area contributed by atoms with Crippen LogP contribution in [0.1, 0.15) is 24.8 Å². The molecule has 1 heterocycles. The first-order valence-corrected chi connectivity index (χ1v) is 8.06. The summed E-state index contributed by atoms with van der Waals surface area (Å²) in [7, 11) is 0. The number of carbonyl (C=O) groups is 1. The second-order valence-corrected chi connectivity index (χ2v) is 5.66. The van der Waals surface area contributed by atoms with Gasteiger partial charge in [-0.2, -0.15) is 0 Å². The molecule has 0 unspecified atom stereocenters. The summed E-state index contributed by atoms with van der Waals surface area (Å²) in [6.07, 6.45) is 3.58. The van der Waals surface area contributed by atoms with Crippen molar-refractivity contribution in [1.29, 1.82) is 0 Å². The van der Waals surface area contributed by atoms with Gasteiger partial charge in [0.2, 0.25) is 5.91 Å². The molecule has 1 amide bonds. The van der Waals surface area contributed by atoms with E-state index in [0.717, 1.165) is 58.7 Å². The Labute approximate surface area is 127 Å². The minimum absolute atomic E-state index is 0.183. The third kappa shape index (κ3) is 6.74. The number of morpholine rings is 1. The predicted molar refractivity (Wildman–Crippen MR) is 83.4 cm³/mol. The number of hydrogen-bond acceptors (Lipinski definition) is 2. The van der Waals surface area contributed by atoms with Crippen LogP contribution in [-0.4, -0.2) is 45.3 Å². The number of rotatable bonds is 8. The lowest BCUT2D eigenvalue weighted by Crippen LogP contribution is -3.14. The molecule has 0 bridgehead atoms. The lowest BCUT2D eigenvalue weighted by molar-refractivity contribution is -0.908. The molecule has 2 N–H and O–H groups in total. The summed E-state index contributed by atoms with van der Waals surface area (Å²) < 4.78 is 5.33. The zero-order valence-electron chi connectivity index (χ0n) is 12.8. The van der Waals surface area contributed by atoms with Crippen molar-refractivity contribution < 1.29 is 14.4 Å². The summed E-state index contributed by atoms with van der Waals surface area (Å²) in [6, 6.07) is 10.3. The Bertz CT molecular complexity index is 403. The van der Waals surface area contributed by atoms with E-state index in [0.29, 0.717) is 6.42 Å². The average Bonchev–Trinajstić information content (AvgIpc) is 2.54. The molecule has 1 fully saturated rings. The summed E-state index contributed by atoms with van der Waals surface area (Å²) in [5.41, 5.74) is 1.31. The molecule has 0 aliphatic carbocycles. The van der Waals surface area contributed by atoms with Crippen molar-refractivity contribution in [1.82, 2.24) is 5.32 Å². The zero-order chi connectivity index (χ0) is 14.8. The van der Waals surface area contributed by atoms with Crippen LogP contribution in [0.4, 0.5) is 0 Å². The van der Waals surface area contributed by atoms with Crippen LogP contribution in [0.3, 0.4) is 0 Å². The molecule has 1 aliphatic rings. The van der Waals surface area contributed by atoms with Crippen molar-refractivity contribution in [3.05, 3.63) is 35.9 Å². The molecule has 0 saturated carbocycles. The van der Waals surface area contributed by atoms with Crippen LogP contribution in [0, 0.1) is 0 Å². The third-order valence-corrected chi connectivity index (χ3v) is 3.94. The highest BCUT2D eigenvalue weighted by Crippen LogP contribution is 2.04. The van der Waals surface area contributed by atoms with Crippen molar-refractivity contribution in [2.24, 2.45) is 0 Å². The van der Waals surface area contributed by atoms with E-state index in [9.17, 15) is 4.79 Å². The largest absolute Gasteiger partial charge is 0.370 e. The number of nitrogens with one attached hydrogen (secondary N) is 2. The van der Waals surface area contributed by atoms with Crippen LogP contribution in [0.2, 0.25) is 0 Å². The predicted octanol–water partition coefficient (Wildman–Crippen LogP) is 0.431. The van der Waals surface area contributed by atoms with E-state index in [4.69, 9.17) is 4.74 Å². The van der Waals surface area contributed by atoms with E-state index in [1.54, 1.807) is 4.90 Å². The highest BCUT2D eigenvalue weighted by molar-refractivity contribution is 5.75. The van der Waals surface area contributed by atoms with Crippen LogP contribution in [0.25, 0.3) is 0 Å². The minimum atomic E-state index is 0.183. The second kappa shape index (κ2) is 9.53. The smallest absolute Gasteiger partial charge is 0.220 e. The number of ether oxygens (including phenoxy) is 1. The average molecular weight is 291 g/mol. The fourth-order valence-electron chi connectivity index (χ4n) is 2.66. The molecule has 0 aromatic heterocycles. The molecular formula is C17H27N2O2+. The fourth-order valence-corrected chi connectivity index (χ4v) is 2.66. The fraction of sp³-hybridized carbons (Fsp3) is 0.588. The zero-order valence-corrected chi connectivity index (χ0v) is 12.8. The lowest BCUT2D eigenvalue weighted by atomic mass is 10.1. The lowest BCUT2D eigenvalue weighted by Gasteiger charge is -2.23. The standard InChI is InChI=1S/C17H26N2O2/c20-17(9-4-8-16-6-2-1-3-7-16)18-10-5-11-19-12-14-21-15-13-19/h1-3,6-7H,4-5,8-15H2,(H,18,20)/p+1. The maximum Gasteiger partial charge on any atom is 0.220 e. The van der Waals surface area contributed by atoms with Gasteiger partial charge in [0.25, 0.3) is 0 Å². The summed E-state index contributed by atoms with van der Waals surface area (Å²) >= 11 is 0. The molecule has 1 saturated heterocycles. The summed E-state index contributed by atoms with van der Waals surface area (Å²) in [4.78, 5) is 13.3. The Balaban J connectivity index is 1.47. The van der Waals surface area contributed by atoms with Gasteiger partial charge >= 0.3 is 0 Å². The first-order valence-electron chi connectivity index (χ1n) is 8.06. The molecule has 0 radical (unpaired) electrons. The number of carbonyl (C=O) groups excluding carboxylic acids is 1. The van der Waals surface area contributed by atoms with Gasteiger partial charge in [0.05, 0.1) is 19.8 Å². The van der Waals surface area contributed by atoms with Gasteiger partial charge in [-0.25, -0.2) is 0 Å². The molecule has 0 atom stereocenters. The maximum absolute atomic E-state index is 11.7. The van der Waals surface area contributed by atoms with E-state index < -0.39 is 0 Å². The second-order valence-electron chi connectivity index (χ2n) is 5.66. The van der Waals surface area contributed by atoms with Gasteiger partial charge in [0.15, 0.2) is 0 Å². The molecule has 4 nitrogen and oxygen atoms in total. The van der Waals surface area contributed by atoms with Crippen molar-refractivity contribution in [3.8, 4) is 0 Å². The van der Waals surface area contributed by atoms with E-state index in [2.05, 4.69) is 17.4 Å². The third-order valence-electron chi connectivity index (χ3n) is 3.94. The molecular weight excluding hydrogens is 264 g/mol. The van der Waals surface area contributed by atoms with Gasteiger partial charge in [0, 0.05) is 19.4 Å². The molecule has 1 aromatic rings. The summed E-state index contributed by atoms with van der Waals surface area (Å²) in [5, 5.41) is 3.02. The van der Waals surface area contributed by atoms with Gasteiger partial charge in [-0.15, -0.1) is 0 Å². The van der Waals surface area contributed by atoms with E-state index >= 15 is 0 Å². The van der Waals surface area contributed by atoms with E-state index in [1.807, 2.05) is 18.2 Å². The molecule has 2 rings (SSSR count). The van der Waals surface area contributed by atoms with Gasteiger partial charge in [-0.3, -0.25) is 4.79 Å². The van der Waals surface area contributed by atoms with Gasteiger partial charge in [-0.05, 0) is 18.4 Å². The van der Waals surface area contributed by atoms with E-state index in [-0.39, 0.29) is 5.91 Å². The van der Waals surface area contributed by atoms with Crippen LogP contribution >= 0.6 is 0 Å². The van der Waals surface area contributed by atoms with Crippen molar-refractivity contribution in [2.75, 3.05) is 39.4 Å². The maximum atomic E-state index is 11.7. The van der Waals surface area contributed by atoms with Crippen LogP contribution in [0.5, 0.6) is 0 Å². The van der Waals surface area contributed by atoms with Crippen molar-refractivity contribution >= 4 is 5.91 Å².